The van der Waals surface area contributed by atoms with Crippen molar-refractivity contribution in [3.63, 3.8) is 0 Å². The van der Waals surface area contributed by atoms with E-state index in [4.69, 9.17) is 4.74 Å². The van der Waals surface area contributed by atoms with Crippen LogP contribution >= 0.6 is 0 Å². The molecule has 3 heterocycles. The average Bonchev–Trinajstić information content (AvgIpc) is 3.20. The number of hydrogen-bond acceptors (Lipinski definition) is 7. The Morgan fingerprint density at radius 2 is 1.71 bits per heavy atom. The summed E-state index contributed by atoms with van der Waals surface area (Å²) in [6.45, 7) is 1.88. The molecule has 13 heteroatoms. The van der Waals surface area contributed by atoms with Crippen molar-refractivity contribution in [3.8, 4) is 11.8 Å². The third kappa shape index (κ3) is 5.28. The zero-order valence-electron chi connectivity index (χ0n) is 18.6. The van der Waals surface area contributed by atoms with Crippen LogP contribution in [0.4, 0.5) is 33.7 Å². The predicted octanol–water partition coefficient (Wildman–Crippen LogP) is 4.34. The lowest BCUT2D eigenvalue weighted by atomic mass is 9.92. The van der Waals surface area contributed by atoms with E-state index in [0.29, 0.717) is 10.7 Å². The predicted molar refractivity (Wildman–Crippen MR) is 115 cm³/mol. The molecule has 1 aliphatic heterocycles. The minimum Gasteiger partial charge on any atom is -0.424 e. The smallest absolute Gasteiger partial charge is 0.408 e. The summed E-state index contributed by atoms with van der Waals surface area (Å²) < 4.78 is 72.2. The molecule has 2 atom stereocenters. The second-order valence-electron chi connectivity index (χ2n) is 8.89. The number of rotatable bonds is 6. The molecule has 1 saturated carbocycles. The highest BCUT2D eigenvalue weighted by Gasteiger charge is 2.43. The van der Waals surface area contributed by atoms with Crippen LogP contribution in [0.25, 0.3) is 0 Å². The lowest BCUT2D eigenvalue weighted by Gasteiger charge is -2.38. The Hall–Kier alpha value is -3.51. The molecule has 3 aromatic rings. The molecule has 5 rings (SSSR count). The van der Waals surface area contributed by atoms with Crippen molar-refractivity contribution >= 4 is 11.8 Å². The molecule has 8 nitrogen and oxygen atoms in total. The maximum atomic E-state index is 13.5. The van der Waals surface area contributed by atoms with Gasteiger partial charge in [0, 0.05) is 49.1 Å². The van der Waals surface area contributed by atoms with Crippen LogP contribution < -0.4 is 15.0 Å². The van der Waals surface area contributed by atoms with Gasteiger partial charge in [-0.05, 0) is 31.6 Å². The second-order valence-corrected chi connectivity index (χ2v) is 8.89. The minimum absolute atomic E-state index is 0.0330. The number of fused-ring (bicyclic) bond motifs is 2. The number of nitrogens with zero attached hydrogens (tertiary/aromatic N) is 6. The first-order valence-corrected chi connectivity index (χ1v) is 11.1. The van der Waals surface area contributed by atoms with Crippen molar-refractivity contribution in [1.82, 2.24) is 24.7 Å². The van der Waals surface area contributed by atoms with E-state index < -0.39 is 30.4 Å². The molecule has 1 saturated heterocycles. The van der Waals surface area contributed by atoms with Gasteiger partial charge in [-0.1, -0.05) is 0 Å². The first-order valence-electron chi connectivity index (χ1n) is 11.1. The van der Waals surface area contributed by atoms with Gasteiger partial charge in [-0.15, -0.1) is 5.10 Å². The van der Waals surface area contributed by atoms with Gasteiger partial charge in [-0.2, -0.15) is 18.2 Å². The normalized spacial score (nSPS) is 21.9. The molecule has 0 radical (unpaired) electrons. The summed E-state index contributed by atoms with van der Waals surface area (Å²) in [5, 5.41) is 7.13. The Balaban J connectivity index is 1.35. The van der Waals surface area contributed by atoms with Crippen LogP contribution in [0.3, 0.4) is 0 Å². The zero-order valence-corrected chi connectivity index (χ0v) is 18.6. The molecule has 2 aromatic heterocycles. The molecule has 2 unspecified atom stereocenters. The van der Waals surface area contributed by atoms with Gasteiger partial charge in [0.1, 0.15) is 36.1 Å². The van der Waals surface area contributed by atoms with Crippen LogP contribution in [0.2, 0.25) is 0 Å². The van der Waals surface area contributed by atoms with Gasteiger partial charge in [-0.25, -0.2) is 23.4 Å². The Bertz CT molecular complexity index is 1180. The first kappa shape index (κ1) is 23.2. The number of benzene rings is 1. The Morgan fingerprint density at radius 3 is 2.34 bits per heavy atom. The molecule has 2 aliphatic rings. The molecule has 1 aromatic carbocycles. The van der Waals surface area contributed by atoms with Gasteiger partial charge in [0.15, 0.2) is 0 Å². The van der Waals surface area contributed by atoms with Crippen LogP contribution in [0.1, 0.15) is 18.5 Å². The summed E-state index contributed by atoms with van der Waals surface area (Å²) in [5.41, 5.74) is 0.868. The fourth-order valence-corrected chi connectivity index (χ4v) is 4.84. The van der Waals surface area contributed by atoms with E-state index in [0.717, 1.165) is 49.6 Å². The van der Waals surface area contributed by atoms with E-state index in [2.05, 4.69) is 30.3 Å². The molecule has 2 fully saturated rings. The average molecular weight is 495 g/mol. The maximum absolute atomic E-state index is 13.5. The van der Waals surface area contributed by atoms with Gasteiger partial charge in [0.05, 0.1) is 0 Å². The number of halogens is 5. The van der Waals surface area contributed by atoms with Crippen molar-refractivity contribution in [2.75, 3.05) is 23.3 Å². The van der Waals surface area contributed by atoms with E-state index in [1.807, 2.05) is 13.0 Å². The van der Waals surface area contributed by atoms with Gasteiger partial charge in [-0.3, -0.25) is 0 Å². The largest absolute Gasteiger partial charge is 0.424 e. The number of piperidine rings is 1. The lowest BCUT2D eigenvalue weighted by Crippen LogP contribution is -2.48. The summed E-state index contributed by atoms with van der Waals surface area (Å²) in [5.74, 6) is -0.948. The zero-order chi connectivity index (χ0) is 24.7. The molecule has 0 spiro atoms. The Kier molecular flexibility index (Phi) is 5.93. The molecule has 186 valence electrons. The quantitative estimate of drug-likeness (QED) is 0.510. The third-order valence-corrected chi connectivity index (χ3v) is 6.25. The summed E-state index contributed by atoms with van der Waals surface area (Å²) in [7, 11) is 0. The summed E-state index contributed by atoms with van der Waals surface area (Å²) in [4.78, 5) is 14.8. The van der Waals surface area contributed by atoms with Gasteiger partial charge >= 0.3 is 12.2 Å². The Morgan fingerprint density at radius 1 is 1.03 bits per heavy atom. The lowest BCUT2D eigenvalue weighted by molar-refractivity contribution is -0.143. The van der Waals surface area contributed by atoms with Crippen LogP contribution in [0, 0.1) is 30.4 Å². The van der Waals surface area contributed by atoms with Crippen molar-refractivity contribution < 1.29 is 26.7 Å². The fraction of sp³-hybridized carbons (Fsp3) is 0.455. The highest BCUT2D eigenvalue weighted by Crippen LogP contribution is 2.40. The van der Waals surface area contributed by atoms with Crippen LogP contribution in [-0.4, -0.2) is 50.0 Å². The fourth-order valence-electron chi connectivity index (χ4n) is 4.84. The molecule has 35 heavy (non-hydrogen) atoms. The Labute approximate surface area is 197 Å². The molecule has 1 aliphatic carbocycles. The monoisotopic (exact) mass is 495 g/mol. The third-order valence-electron chi connectivity index (χ3n) is 6.25. The summed E-state index contributed by atoms with van der Waals surface area (Å²) in [6.07, 6.45) is -1.19. The number of anilines is 2. The maximum Gasteiger partial charge on any atom is 0.408 e. The highest BCUT2D eigenvalue weighted by molar-refractivity contribution is 5.42. The van der Waals surface area contributed by atoms with Crippen molar-refractivity contribution in [1.29, 1.82) is 0 Å². The SMILES string of the molecule is Cc1cc(N2CC3CCC(C2)C3Nc2nc(Oc3cc(F)cc(F)c3)n(CC(F)(F)F)n2)ncn1. The molecule has 1 N–H and O–H groups in total. The number of aromatic nitrogens is 5. The van der Waals surface area contributed by atoms with Crippen LogP contribution in [0.5, 0.6) is 11.8 Å². The molecular formula is C22H22F5N7O. The minimum atomic E-state index is -4.60. The van der Waals surface area contributed by atoms with E-state index in [1.165, 1.54) is 6.33 Å². The van der Waals surface area contributed by atoms with Crippen molar-refractivity contribution in [2.45, 2.75) is 38.5 Å². The summed E-state index contributed by atoms with van der Waals surface area (Å²) in [6, 6.07) is 3.70. The second kappa shape index (κ2) is 8.93. The van der Waals surface area contributed by atoms with Crippen molar-refractivity contribution in [3.05, 3.63) is 47.9 Å². The van der Waals surface area contributed by atoms with Crippen molar-refractivity contribution in [2.24, 2.45) is 11.8 Å². The van der Waals surface area contributed by atoms with E-state index >= 15 is 0 Å². The first-order chi connectivity index (χ1) is 16.6. The molecular weight excluding hydrogens is 473 g/mol. The van der Waals surface area contributed by atoms with E-state index in [-0.39, 0.29) is 29.6 Å². The van der Waals surface area contributed by atoms with Crippen LogP contribution in [0.15, 0.2) is 30.6 Å². The van der Waals surface area contributed by atoms with E-state index in [1.54, 1.807) is 0 Å². The number of aryl methyl sites for hydroxylation is 1. The van der Waals surface area contributed by atoms with E-state index in [9.17, 15) is 22.0 Å². The number of nitrogens with one attached hydrogen (secondary N) is 1. The van der Waals surface area contributed by atoms with Gasteiger partial charge < -0.3 is 15.0 Å². The number of hydrogen-bond donors (Lipinski definition) is 1. The topological polar surface area (TPSA) is 81.0 Å². The summed E-state index contributed by atoms with van der Waals surface area (Å²) >= 11 is 0. The van der Waals surface area contributed by atoms with Gasteiger partial charge in [0.25, 0.3) is 0 Å². The number of alkyl halides is 3. The number of ether oxygens (including phenoxy) is 1. The standard InChI is InChI=1S/C22H22F5N7O/c1-12-4-18(29-11-28-12)33-8-13-2-3-14(9-33)19(13)30-20-31-21(34(32-20)10-22(25,26)27)35-17-6-15(23)5-16(24)7-17/h4-7,11,13-14,19H,2-3,8-10H2,1H3,(H,30,32). The van der Waals surface area contributed by atoms with Crippen LogP contribution in [-0.2, 0) is 6.54 Å². The molecule has 0 amide bonds. The van der Waals surface area contributed by atoms with Gasteiger partial charge in [0.2, 0.25) is 5.95 Å². The highest BCUT2D eigenvalue weighted by atomic mass is 19.4. The molecule has 2 bridgehead atoms.